The van der Waals surface area contributed by atoms with Gasteiger partial charge in [-0.3, -0.25) is 5.43 Å². The van der Waals surface area contributed by atoms with E-state index in [1.165, 1.54) is 16.7 Å². The molecule has 0 atom stereocenters. The quantitative estimate of drug-likeness (QED) is 0.600. The Kier molecular flexibility index (Phi) is 6.13. The highest BCUT2D eigenvalue weighted by atomic mass is 79.9. The molecule has 2 N–H and O–H groups in total. The van der Waals surface area contributed by atoms with Crippen molar-refractivity contribution in [1.82, 2.24) is 4.98 Å². The zero-order valence-electron chi connectivity index (χ0n) is 9.41. The molecule has 19 heavy (non-hydrogen) atoms. The van der Waals surface area contributed by atoms with Gasteiger partial charge in [-0.05, 0) is 17.7 Å². The summed E-state index contributed by atoms with van der Waals surface area (Å²) in [6.45, 7) is 0. The van der Waals surface area contributed by atoms with Crippen molar-refractivity contribution in [3.05, 3.63) is 45.4 Å². The summed E-state index contributed by atoms with van der Waals surface area (Å²) in [7, 11) is 0. The topological polar surface area (TPSA) is 74.6 Å². The number of benzene rings is 1. The van der Waals surface area contributed by atoms with E-state index in [0.29, 0.717) is 5.13 Å². The maximum atomic E-state index is 10.6. The summed E-state index contributed by atoms with van der Waals surface area (Å²) in [5.41, 5.74) is 3.63. The maximum absolute atomic E-state index is 10.6. The number of hydrogen-bond donors (Lipinski definition) is 2. The minimum atomic E-state index is -1.05. The predicted molar refractivity (Wildman–Crippen MR) is 84.8 cm³/mol. The van der Waals surface area contributed by atoms with Crippen molar-refractivity contribution in [1.29, 1.82) is 0 Å². The van der Waals surface area contributed by atoms with Crippen LogP contribution in [0.25, 0.3) is 0 Å². The van der Waals surface area contributed by atoms with Gasteiger partial charge < -0.3 is 5.11 Å². The molecule has 2 rings (SSSR count). The van der Waals surface area contributed by atoms with Crippen LogP contribution in [0.2, 0.25) is 0 Å². The summed E-state index contributed by atoms with van der Waals surface area (Å²) >= 11 is 4.53. The predicted octanol–water partition coefficient (Wildman–Crippen LogP) is 3.63. The summed E-state index contributed by atoms with van der Waals surface area (Å²) in [6, 6.07) is 7.63. The van der Waals surface area contributed by atoms with E-state index in [0.717, 1.165) is 10.0 Å². The number of rotatable bonds is 4. The second-order valence-electron chi connectivity index (χ2n) is 3.26. The molecular weight excluding hydrogens is 398 g/mol. The zero-order chi connectivity index (χ0) is 13.0. The molecule has 2 aromatic rings. The van der Waals surface area contributed by atoms with E-state index < -0.39 is 5.97 Å². The van der Waals surface area contributed by atoms with E-state index in [2.05, 4.69) is 31.4 Å². The van der Waals surface area contributed by atoms with E-state index in [9.17, 15) is 4.79 Å². The molecule has 1 heterocycles. The van der Waals surface area contributed by atoms with Crippen LogP contribution in [0.5, 0.6) is 0 Å². The van der Waals surface area contributed by atoms with E-state index in [1.807, 2.05) is 24.3 Å². The van der Waals surface area contributed by atoms with Crippen LogP contribution >= 0.6 is 44.2 Å². The van der Waals surface area contributed by atoms with Crippen LogP contribution in [0.1, 0.15) is 16.1 Å². The number of hydrogen-bond acceptors (Lipinski definition) is 5. The lowest BCUT2D eigenvalue weighted by Crippen LogP contribution is -1.97. The van der Waals surface area contributed by atoms with Gasteiger partial charge in [0.1, 0.15) is 0 Å². The van der Waals surface area contributed by atoms with Crippen molar-refractivity contribution in [2.75, 3.05) is 5.43 Å². The van der Waals surface area contributed by atoms with Crippen LogP contribution in [-0.4, -0.2) is 22.3 Å². The lowest BCUT2D eigenvalue weighted by molar-refractivity contribution is 0.0691. The number of aromatic nitrogens is 1. The Balaban J connectivity index is 0.00000180. The molecule has 0 aliphatic rings. The number of carbonyl (C=O) groups is 1. The van der Waals surface area contributed by atoms with Crippen LogP contribution in [0.15, 0.2) is 39.2 Å². The van der Waals surface area contributed by atoms with Crippen molar-refractivity contribution in [2.24, 2.45) is 5.10 Å². The van der Waals surface area contributed by atoms with Crippen molar-refractivity contribution in [3.8, 4) is 0 Å². The van der Waals surface area contributed by atoms with Crippen LogP contribution < -0.4 is 5.43 Å². The number of thiazole rings is 1. The molecule has 0 aliphatic carbocycles. The normalized spacial score (nSPS) is 10.2. The van der Waals surface area contributed by atoms with Crippen molar-refractivity contribution >= 4 is 61.6 Å². The maximum Gasteiger partial charge on any atom is 0.355 e. The van der Waals surface area contributed by atoms with Crippen LogP contribution in [0.3, 0.4) is 0 Å². The molecule has 0 amide bonds. The van der Waals surface area contributed by atoms with Gasteiger partial charge in [-0.15, -0.1) is 28.3 Å². The molecule has 0 unspecified atom stereocenters. The third kappa shape index (κ3) is 4.73. The Morgan fingerprint density at radius 3 is 2.68 bits per heavy atom. The largest absolute Gasteiger partial charge is 0.476 e. The number of aromatic carboxylic acids is 1. The smallest absolute Gasteiger partial charge is 0.355 e. The van der Waals surface area contributed by atoms with Gasteiger partial charge in [-0.1, -0.05) is 28.1 Å². The first kappa shape index (κ1) is 15.8. The van der Waals surface area contributed by atoms with Crippen molar-refractivity contribution in [2.45, 2.75) is 0 Å². The van der Waals surface area contributed by atoms with E-state index in [1.54, 1.807) is 6.21 Å². The standard InChI is InChI=1S/C11H8BrN3O2S.BrH/c12-8-3-1-7(2-4-8)5-13-15-11-14-9(6-18-11)10(16)17;/h1-6H,(H,14,15)(H,16,17);1H. The number of nitrogens with one attached hydrogen (secondary N) is 1. The van der Waals surface area contributed by atoms with Gasteiger partial charge >= 0.3 is 5.97 Å². The lowest BCUT2D eigenvalue weighted by atomic mass is 10.2. The molecule has 1 aromatic heterocycles. The Hall–Kier alpha value is -1.25. The van der Waals surface area contributed by atoms with Crippen LogP contribution in [-0.2, 0) is 0 Å². The Morgan fingerprint density at radius 2 is 2.11 bits per heavy atom. The molecule has 0 fully saturated rings. The van der Waals surface area contributed by atoms with Crippen molar-refractivity contribution in [3.63, 3.8) is 0 Å². The third-order valence-corrected chi connectivity index (χ3v) is 3.24. The SMILES string of the molecule is Br.O=C(O)c1csc(NN=Cc2ccc(Br)cc2)n1. The minimum Gasteiger partial charge on any atom is -0.476 e. The summed E-state index contributed by atoms with van der Waals surface area (Å²) in [5, 5.41) is 14.6. The Morgan fingerprint density at radius 1 is 1.42 bits per heavy atom. The number of carboxylic acids is 1. The summed E-state index contributed by atoms with van der Waals surface area (Å²) in [5.74, 6) is -1.05. The van der Waals surface area contributed by atoms with E-state index in [-0.39, 0.29) is 22.7 Å². The minimum absolute atomic E-state index is 0. The Bertz CT molecular complexity index is 584. The fourth-order valence-electron chi connectivity index (χ4n) is 1.13. The molecule has 0 saturated heterocycles. The number of carboxylic acid groups (broad SMARTS) is 1. The summed E-state index contributed by atoms with van der Waals surface area (Å²) in [6.07, 6.45) is 1.63. The highest BCUT2D eigenvalue weighted by molar-refractivity contribution is 9.10. The van der Waals surface area contributed by atoms with Gasteiger partial charge in [0.2, 0.25) is 5.13 Å². The molecule has 0 aliphatic heterocycles. The average Bonchev–Trinajstić information content (AvgIpc) is 2.81. The third-order valence-electron chi connectivity index (χ3n) is 1.97. The van der Waals surface area contributed by atoms with Gasteiger partial charge in [-0.25, -0.2) is 9.78 Å². The first-order valence-electron chi connectivity index (χ1n) is 4.88. The molecule has 0 saturated carbocycles. The first-order valence-corrected chi connectivity index (χ1v) is 6.56. The fourth-order valence-corrected chi connectivity index (χ4v) is 2.03. The van der Waals surface area contributed by atoms with Gasteiger partial charge in [0.15, 0.2) is 5.69 Å². The van der Waals surface area contributed by atoms with Gasteiger partial charge in [0.25, 0.3) is 0 Å². The molecule has 5 nitrogen and oxygen atoms in total. The second-order valence-corrected chi connectivity index (χ2v) is 5.04. The molecular formula is C11H9Br2N3O2S. The highest BCUT2D eigenvalue weighted by Crippen LogP contribution is 2.15. The monoisotopic (exact) mass is 405 g/mol. The molecule has 0 spiro atoms. The molecule has 0 bridgehead atoms. The van der Waals surface area contributed by atoms with Gasteiger partial charge in [0.05, 0.1) is 6.21 Å². The van der Waals surface area contributed by atoms with E-state index >= 15 is 0 Å². The average molecular weight is 407 g/mol. The van der Waals surface area contributed by atoms with Crippen LogP contribution in [0.4, 0.5) is 5.13 Å². The fraction of sp³-hybridized carbons (Fsp3) is 0. The number of hydrazone groups is 1. The molecule has 100 valence electrons. The Labute approximate surface area is 132 Å². The van der Waals surface area contributed by atoms with E-state index in [4.69, 9.17) is 5.11 Å². The first-order chi connectivity index (χ1) is 8.65. The second kappa shape index (κ2) is 7.37. The number of halogens is 2. The van der Waals surface area contributed by atoms with Crippen molar-refractivity contribution < 1.29 is 9.90 Å². The number of anilines is 1. The van der Waals surface area contributed by atoms with Gasteiger partial charge in [0, 0.05) is 9.85 Å². The highest BCUT2D eigenvalue weighted by Gasteiger charge is 2.07. The lowest BCUT2D eigenvalue weighted by Gasteiger charge is -1.94. The molecule has 1 aromatic carbocycles. The zero-order valence-corrected chi connectivity index (χ0v) is 13.5. The molecule has 8 heteroatoms. The summed E-state index contributed by atoms with van der Waals surface area (Å²) in [4.78, 5) is 14.5. The number of nitrogens with zero attached hydrogens (tertiary/aromatic N) is 2. The summed E-state index contributed by atoms with van der Waals surface area (Å²) < 4.78 is 0.999. The van der Waals surface area contributed by atoms with Gasteiger partial charge in [-0.2, -0.15) is 5.10 Å². The molecule has 0 radical (unpaired) electrons. The van der Waals surface area contributed by atoms with Crippen LogP contribution in [0, 0.1) is 0 Å².